The van der Waals surface area contributed by atoms with E-state index in [1.54, 1.807) is 6.08 Å². The smallest absolute Gasteiger partial charge is 0.268 e. The number of hydrogen-bond acceptors (Lipinski definition) is 6. The maximum atomic E-state index is 13.0. The Kier molecular flexibility index (Phi) is 56.1. The summed E-state index contributed by atoms with van der Waals surface area (Å²) in [5, 5.41) is 13.9. The third-order valence-electron chi connectivity index (χ3n) is 14.4. The lowest BCUT2D eigenvalue weighted by Gasteiger charge is -2.29. The summed E-state index contributed by atoms with van der Waals surface area (Å²) in [7, 11) is 1.25. The Morgan fingerprint density at radius 2 is 0.816 bits per heavy atom. The van der Waals surface area contributed by atoms with Crippen LogP contribution in [0.2, 0.25) is 0 Å². The number of nitrogens with zero attached hydrogens (tertiary/aromatic N) is 1. The molecule has 0 rings (SSSR count). The molecule has 8 nitrogen and oxygen atoms in total. The number of quaternary nitrogens is 1. The number of carbonyl (C=O) groups is 1. The Morgan fingerprint density at radius 1 is 0.474 bits per heavy atom. The number of allylic oxidation sites excluding steroid dienone is 11. The molecular weight excluding hydrogens is 960 g/mol. The van der Waals surface area contributed by atoms with E-state index in [0.717, 1.165) is 64.2 Å². The number of nitrogens with one attached hydrogen (secondary N) is 1. The van der Waals surface area contributed by atoms with Gasteiger partial charge < -0.3 is 28.8 Å². The lowest BCUT2D eigenvalue weighted by molar-refractivity contribution is -0.870. The number of likely N-dealkylation sites (N-methyl/N-ethyl adjacent to an activating group) is 1. The molecule has 0 aliphatic rings. The molecule has 2 N–H and O–H groups in total. The molecule has 0 heterocycles. The highest BCUT2D eigenvalue weighted by molar-refractivity contribution is 7.45. The van der Waals surface area contributed by atoms with E-state index in [4.69, 9.17) is 9.05 Å². The summed E-state index contributed by atoms with van der Waals surface area (Å²) in [6.45, 7) is 4.55. The summed E-state index contributed by atoms with van der Waals surface area (Å²) in [5.41, 5.74) is 0. The third-order valence-corrected chi connectivity index (χ3v) is 15.4. The SMILES string of the molecule is CC/C=C\C/C=C\C/C=C\C/C=C\CCCCCCCCCCCCCCCCCCCCCCC(=O)NC(COP(=O)([O-])OCC[N+](C)(C)C)C(O)/C=C/CC/C=C/CCCCCCCCCCCCCCCCC. The molecular formula is C67H125N2O6P. The van der Waals surface area contributed by atoms with Crippen LogP contribution in [0.4, 0.5) is 0 Å². The lowest BCUT2D eigenvalue weighted by atomic mass is 10.0. The van der Waals surface area contributed by atoms with E-state index >= 15 is 0 Å². The van der Waals surface area contributed by atoms with E-state index in [0.29, 0.717) is 17.4 Å². The Bertz CT molecular complexity index is 1470. The molecule has 3 atom stereocenters. The highest BCUT2D eigenvalue weighted by Gasteiger charge is 2.23. The Morgan fingerprint density at radius 3 is 1.22 bits per heavy atom. The fourth-order valence-corrected chi connectivity index (χ4v) is 10.1. The van der Waals surface area contributed by atoms with Gasteiger partial charge in [-0.05, 0) is 70.6 Å². The molecule has 0 aliphatic heterocycles. The van der Waals surface area contributed by atoms with E-state index < -0.39 is 26.6 Å². The summed E-state index contributed by atoms with van der Waals surface area (Å²) in [5.74, 6) is -0.204. The van der Waals surface area contributed by atoms with Crippen LogP contribution in [0, 0.1) is 0 Å². The van der Waals surface area contributed by atoms with Crippen LogP contribution in [0.15, 0.2) is 72.9 Å². The molecule has 0 saturated heterocycles. The predicted octanol–water partition coefficient (Wildman–Crippen LogP) is 19.6. The largest absolute Gasteiger partial charge is 0.756 e. The summed E-state index contributed by atoms with van der Waals surface area (Å²) < 4.78 is 23.4. The van der Waals surface area contributed by atoms with E-state index in [-0.39, 0.29) is 12.5 Å². The van der Waals surface area contributed by atoms with Crippen molar-refractivity contribution in [2.75, 3.05) is 40.9 Å². The maximum absolute atomic E-state index is 13.0. The fourth-order valence-electron chi connectivity index (χ4n) is 9.40. The molecule has 0 bridgehead atoms. The van der Waals surface area contributed by atoms with Crippen molar-refractivity contribution in [3.63, 3.8) is 0 Å². The van der Waals surface area contributed by atoms with Crippen LogP contribution < -0.4 is 10.2 Å². The van der Waals surface area contributed by atoms with Gasteiger partial charge in [0.2, 0.25) is 5.91 Å². The highest BCUT2D eigenvalue weighted by Crippen LogP contribution is 2.38. The van der Waals surface area contributed by atoms with Crippen molar-refractivity contribution in [1.82, 2.24) is 5.32 Å². The first-order valence-corrected chi connectivity index (χ1v) is 33.8. The van der Waals surface area contributed by atoms with Crippen molar-refractivity contribution >= 4 is 13.7 Å². The molecule has 1 amide bonds. The number of phosphoric ester groups is 1. The van der Waals surface area contributed by atoms with Crippen LogP contribution in [0.3, 0.4) is 0 Å². The number of hydrogen-bond donors (Lipinski definition) is 2. The second-order valence-electron chi connectivity index (χ2n) is 23.1. The molecule has 0 radical (unpaired) electrons. The zero-order valence-electron chi connectivity index (χ0n) is 50.7. The van der Waals surface area contributed by atoms with Gasteiger partial charge in [-0.2, -0.15) is 0 Å². The van der Waals surface area contributed by atoms with Gasteiger partial charge in [0.25, 0.3) is 7.82 Å². The van der Waals surface area contributed by atoms with Gasteiger partial charge in [0, 0.05) is 6.42 Å². The number of aliphatic hydroxyl groups excluding tert-OH is 1. The van der Waals surface area contributed by atoms with Gasteiger partial charge in [-0.3, -0.25) is 9.36 Å². The maximum Gasteiger partial charge on any atom is 0.268 e. The fraction of sp³-hybridized carbons (Fsp3) is 0.806. The first-order valence-electron chi connectivity index (χ1n) is 32.3. The summed E-state index contributed by atoms with van der Waals surface area (Å²) >= 11 is 0. The van der Waals surface area contributed by atoms with Crippen LogP contribution in [0.5, 0.6) is 0 Å². The van der Waals surface area contributed by atoms with Gasteiger partial charge in [0.15, 0.2) is 0 Å². The van der Waals surface area contributed by atoms with Crippen LogP contribution in [0.25, 0.3) is 0 Å². The quantitative estimate of drug-likeness (QED) is 0.0272. The molecule has 0 aromatic rings. The number of carbonyl (C=O) groups excluding carboxylic acids is 1. The van der Waals surface area contributed by atoms with Gasteiger partial charge in [-0.15, -0.1) is 0 Å². The number of phosphoric acid groups is 1. The standard InChI is InChI=1S/C67H125N2O6P/c1-6-8-10-12-14-16-18-20-22-24-26-28-29-30-31-32-33-34-35-36-37-38-39-41-43-45-47-49-51-53-55-57-59-61-67(71)68-65(64-75-76(72,73)74-63-62-69(3,4)5)66(70)60-58-56-54-52-50-48-46-44-42-40-27-25-23-21-19-17-15-13-11-9-7-2/h8,10,14,16,20,22,26,28,50,52,58,60,65-66,70H,6-7,9,11-13,15,17-19,21,23-25,27,29-49,51,53-57,59,61-64H2,1-5H3,(H-,68,71,72,73)/b10-8-,16-14-,22-20-,28-26-,52-50+,60-58+. The summed E-state index contributed by atoms with van der Waals surface area (Å²) in [4.78, 5) is 25.6. The molecule has 3 unspecified atom stereocenters. The average Bonchev–Trinajstić information content (AvgIpc) is 3.38. The van der Waals surface area contributed by atoms with Crippen molar-refractivity contribution in [2.45, 2.75) is 309 Å². The van der Waals surface area contributed by atoms with Gasteiger partial charge in [-0.1, -0.05) is 292 Å². The van der Waals surface area contributed by atoms with Crippen LogP contribution in [-0.4, -0.2) is 68.5 Å². The molecule has 444 valence electrons. The minimum Gasteiger partial charge on any atom is -0.756 e. The monoisotopic (exact) mass is 1080 g/mol. The number of amides is 1. The molecule has 76 heavy (non-hydrogen) atoms. The van der Waals surface area contributed by atoms with Crippen LogP contribution in [-0.2, 0) is 18.4 Å². The average molecular weight is 1090 g/mol. The normalized spacial score (nSPS) is 14.2. The van der Waals surface area contributed by atoms with Gasteiger partial charge >= 0.3 is 0 Å². The Hall–Kier alpha value is -2.06. The van der Waals surface area contributed by atoms with Crippen LogP contribution in [0.1, 0.15) is 296 Å². The van der Waals surface area contributed by atoms with Gasteiger partial charge in [0.1, 0.15) is 13.2 Å². The minimum absolute atomic E-state index is 0.00670. The van der Waals surface area contributed by atoms with Crippen molar-refractivity contribution < 1.29 is 32.9 Å². The number of unbranched alkanes of at least 4 members (excludes halogenated alkanes) is 36. The van der Waals surface area contributed by atoms with Gasteiger partial charge in [0.05, 0.1) is 39.9 Å². The molecule has 0 aliphatic carbocycles. The van der Waals surface area contributed by atoms with Crippen molar-refractivity contribution in [3.8, 4) is 0 Å². The van der Waals surface area contributed by atoms with E-state index in [2.05, 4.69) is 79.9 Å². The predicted molar refractivity (Wildman–Crippen MR) is 330 cm³/mol. The van der Waals surface area contributed by atoms with Crippen molar-refractivity contribution in [3.05, 3.63) is 72.9 Å². The summed E-state index contributed by atoms with van der Waals surface area (Å²) in [6, 6.07) is -0.905. The number of rotatable bonds is 59. The van der Waals surface area contributed by atoms with Crippen LogP contribution >= 0.6 is 7.82 Å². The molecule has 0 saturated carbocycles. The molecule has 9 heteroatoms. The highest BCUT2D eigenvalue weighted by atomic mass is 31.2. The van der Waals surface area contributed by atoms with E-state index in [1.807, 2.05) is 27.2 Å². The minimum atomic E-state index is -4.61. The zero-order valence-corrected chi connectivity index (χ0v) is 51.6. The summed E-state index contributed by atoms with van der Waals surface area (Å²) in [6.07, 6.45) is 80.1. The zero-order chi connectivity index (χ0) is 55.6. The Balaban J connectivity index is 4.09. The lowest BCUT2D eigenvalue weighted by Crippen LogP contribution is -2.45. The van der Waals surface area contributed by atoms with E-state index in [1.165, 1.54) is 212 Å². The van der Waals surface area contributed by atoms with E-state index in [9.17, 15) is 19.4 Å². The third kappa shape index (κ3) is 59.6. The molecule has 0 aromatic carbocycles. The van der Waals surface area contributed by atoms with Crippen molar-refractivity contribution in [2.24, 2.45) is 0 Å². The first kappa shape index (κ1) is 73.9. The van der Waals surface area contributed by atoms with Gasteiger partial charge in [-0.25, -0.2) is 0 Å². The second kappa shape index (κ2) is 57.6. The van der Waals surface area contributed by atoms with Crippen molar-refractivity contribution in [1.29, 1.82) is 0 Å². The Labute approximate surface area is 472 Å². The molecule has 0 spiro atoms. The molecule has 0 aromatic heterocycles. The molecule has 0 fully saturated rings. The number of aliphatic hydroxyl groups is 1. The topological polar surface area (TPSA) is 108 Å². The first-order chi connectivity index (χ1) is 37.0. The second-order valence-corrected chi connectivity index (χ2v) is 24.5.